The second-order valence-electron chi connectivity index (χ2n) is 4.47. The maximum Gasteiger partial charge on any atom is 0.233 e. The molecule has 0 aromatic carbocycles. The molecule has 5 nitrogen and oxygen atoms in total. The summed E-state index contributed by atoms with van der Waals surface area (Å²) in [6.45, 7) is 6.26. The van der Waals surface area contributed by atoms with Crippen LogP contribution in [0.15, 0.2) is 12.1 Å². The first-order chi connectivity index (χ1) is 6.99. The number of hydrogen-bond acceptors (Lipinski definition) is 5. The van der Waals surface area contributed by atoms with Crippen LogP contribution in [0.25, 0.3) is 0 Å². The molecule has 1 heterocycles. The van der Waals surface area contributed by atoms with E-state index in [-0.39, 0.29) is 11.5 Å². The molecule has 1 atom stereocenters. The summed E-state index contributed by atoms with van der Waals surface area (Å²) in [5.41, 5.74) is 3.55. The lowest BCUT2D eigenvalue weighted by molar-refractivity contribution is 0.267. The zero-order valence-corrected chi connectivity index (χ0v) is 9.61. The fourth-order valence-electron chi connectivity index (χ4n) is 1.37. The Labute approximate surface area is 90.0 Å². The second kappa shape index (κ2) is 4.55. The quantitative estimate of drug-likeness (QED) is 0.576. The Morgan fingerprint density at radius 3 is 2.33 bits per heavy atom. The smallest absolute Gasteiger partial charge is 0.233 e. The average Bonchev–Trinajstić information content (AvgIpc) is 2.18. The van der Waals surface area contributed by atoms with Crippen LogP contribution in [0.4, 0.5) is 0 Å². The molecule has 0 spiro atoms. The number of methoxy groups -OCH3 is 1. The predicted octanol–water partition coefficient (Wildman–Crippen LogP) is 1.04. The molecule has 3 N–H and O–H groups in total. The van der Waals surface area contributed by atoms with Gasteiger partial charge in [0, 0.05) is 6.07 Å². The first-order valence-corrected chi connectivity index (χ1v) is 4.82. The van der Waals surface area contributed by atoms with Crippen molar-refractivity contribution in [2.75, 3.05) is 7.11 Å². The molecule has 0 saturated heterocycles. The molecule has 0 radical (unpaired) electrons. The zero-order chi connectivity index (χ0) is 11.5. The maximum absolute atomic E-state index is 5.51. The number of rotatable bonds is 3. The molecule has 0 amide bonds. The lowest BCUT2D eigenvalue weighted by atomic mass is 9.85. The molecule has 0 saturated carbocycles. The van der Waals surface area contributed by atoms with Crippen molar-refractivity contribution in [1.82, 2.24) is 15.6 Å². The fraction of sp³-hybridized carbons (Fsp3) is 0.600. The summed E-state index contributed by atoms with van der Waals surface area (Å²) in [6, 6.07) is 3.61. The lowest BCUT2D eigenvalue weighted by Gasteiger charge is -2.28. The molecule has 0 aliphatic heterocycles. The first kappa shape index (κ1) is 11.9. The van der Waals surface area contributed by atoms with Crippen LogP contribution in [0.5, 0.6) is 5.88 Å². The van der Waals surface area contributed by atoms with Crippen molar-refractivity contribution in [1.29, 1.82) is 0 Å². The van der Waals surface area contributed by atoms with Gasteiger partial charge in [-0.2, -0.15) is 5.10 Å². The fourth-order valence-corrected chi connectivity index (χ4v) is 1.37. The minimum absolute atomic E-state index is 0.0159. The van der Waals surface area contributed by atoms with Crippen LogP contribution >= 0.6 is 0 Å². The average molecular weight is 210 g/mol. The van der Waals surface area contributed by atoms with Crippen LogP contribution in [-0.4, -0.2) is 17.3 Å². The number of nitrogens with two attached hydrogens (primary N) is 1. The highest BCUT2D eigenvalue weighted by Gasteiger charge is 2.26. The number of nitrogens with one attached hydrogen (secondary N) is 1. The van der Waals surface area contributed by atoms with Gasteiger partial charge in [-0.15, -0.1) is 5.10 Å². The van der Waals surface area contributed by atoms with Gasteiger partial charge in [0.15, 0.2) is 0 Å². The minimum Gasteiger partial charge on any atom is -0.480 e. The van der Waals surface area contributed by atoms with E-state index in [0.29, 0.717) is 5.88 Å². The monoisotopic (exact) mass is 210 g/mol. The van der Waals surface area contributed by atoms with Gasteiger partial charge in [0.25, 0.3) is 0 Å². The predicted molar refractivity (Wildman–Crippen MR) is 58.1 cm³/mol. The minimum atomic E-state index is -0.0316. The summed E-state index contributed by atoms with van der Waals surface area (Å²) in [5.74, 6) is 6.02. The number of nitrogens with zero attached hydrogens (tertiary/aromatic N) is 2. The molecular weight excluding hydrogens is 192 g/mol. The van der Waals surface area contributed by atoms with Crippen molar-refractivity contribution in [3.63, 3.8) is 0 Å². The summed E-state index contributed by atoms with van der Waals surface area (Å²) in [4.78, 5) is 0. The number of hydrogen-bond donors (Lipinski definition) is 2. The van der Waals surface area contributed by atoms with Gasteiger partial charge in [-0.1, -0.05) is 20.8 Å². The first-order valence-electron chi connectivity index (χ1n) is 4.82. The molecule has 5 heteroatoms. The molecule has 0 fully saturated rings. The van der Waals surface area contributed by atoms with Gasteiger partial charge in [0.1, 0.15) is 0 Å². The van der Waals surface area contributed by atoms with Gasteiger partial charge < -0.3 is 4.74 Å². The summed E-state index contributed by atoms with van der Waals surface area (Å²) in [6.07, 6.45) is 0. The third-order valence-electron chi connectivity index (χ3n) is 2.20. The zero-order valence-electron chi connectivity index (χ0n) is 9.61. The van der Waals surface area contributed by atoms with E-state index in [0.717, 1.165) is 5.69 Å². The Kier molecular flexibility index (Phi) is 3.60. The second-order valence-corrected chi connectivity index (χ2v) is 4.47. The van der Waals surface area contributed by atoms with Gasteiger partial charge in [-0.05, 0) is 11.5 Å². The van der Waals surface area contributed by atoms with E-state index >= 15 is 0 Å². The van der Waals surface area contributed by atoms with E-state index in [1.165, 1.54) is 0 Å². The van der Waals surface area contributed by atoms with E-state index in [9.17, 15) is 0 Å². The number of aromatic nitrogens is 2. The van der Waals surface area contributed by atoms with Crippen molar-refractivity contribution in [3.05, 3.63) is 17.8 Å². The third kappa shape index (κ3) is 2.87. The van der Waals surface area contributed by atoms with Gasteiger partial charge in [-0.25, -0.2) is 0 Å². The third-order valence-corrected chi connectivity index (χ3v) is 2.20. The van der Waals surface area contributed by atoms with Gasteiger partial charge in [0.2, 0.25) is 5.88 Å². The van der Waals surface area contributed by atoms with E-state index in [2.05, 4.69) is 36.4 Å². The maximum atomic E-state index is 5.51. The Hall–Kier alpha value is -1.20. The van der Waals surface area contributed by atoms with Gasteiger partial charge in [0.05, 0.1) is 18.8 Å². The lowest BCUT2D eigenvalue weighted by Crippen LogP contribution is -2.37. The molecule has 1 aromatic heterocycles. The summed E-state index contributed by atoms with van der Waals surface area (Å²) < 4.78 is 4.94. The van der Waals surface area contributed by atoms with E-state index in [1.54, 1.807) is 13.2 Å². The van der Waals surface area contributed by atoms with E-state index < -0.39 is 0 Å². The van der Waals surface area contributed by atoms with Crippen LogP contribution in [0.1, 0.15) is 32.5 Å². The largest absolute Gasteiger partial charge is 0.480 e. The van der Waals surface area contributed by atoms with Crippen molar-refractivity contribution in [2.24, 2.45) is 11.3 Å². The summed E-state index contributed by atoms with van der Waals surface area (Å²) in [7, 11) is 1.56. The van der Waals surface area contributed by atoms with Crippen molar-refractivity contribution in [2.45, 2.75) is 26.8 Å². The van der Waals surface area contributed by atoms with Crippen LogP contribution in [0.2, 0.25) is 0 Å². The van der Waals surface area contributed by atoms with Gasteiger partial charge in [-0.3, -0.25) is 11.3 Å². The van der Waals surface area contributed by atoms with Crippen molar-refractivity contribution < 1.29 is 4.74 Å². The van der Waals surface area contributed by atoms with Crippen LogP contribution < -0.4 is 16.0 Å². The SMILES string of the molecule is COc1ccc(C(NN)C(C)(C)C)nn1. The normalized spacial score (nSPS) is 13.7. The topological polar surface area (TPSA) is 73.1 Å². The number of hydrazine groups is 1. The van der Waals surface area contributed by atoms with Crippen LogP contribution in [0.3, 0.4) is 0 Å². The van der Waals surface area contributed by atoms with Crippen molar-refractivity contribution >= 4 is 0 Å². The molecule has 0 aliphatic rings. The molecule has 1 aromatic rings. The Morgan fingerprint density at radius 1 is 1.33 bits per heavy atom. The molecule has 15 heavy (non-hydrogen) atoms. The molecule has 84 valence electrons. The molecule has 0 aliphatic carbocycles. The number of ether oxygens (including phenoxy) is 1. The summed E-state index contributed by atoms with van der Waals surface area (Å²) in [5, 5.41) is 7.98. The molecule has 1 unspecified atom stereocenters. The highest BCUT2D eigenvalue weighted by molar-refractivity contribution is 5.15. The summed E-state index contributed by atoms with van der Waals surface area (Å²) >= 11 is 0. The molecule has 1 rings (SSSR count). The Balaban J connectivity index is 2.93. The molecular formula is C10H18N4O. The Morgan fingerprint density at radius 2 is 2.00 bits per heavy atom. The van der Waals surface area contributed by atoms with Crippen molar-refractivity contribution in [3.8, 4) is 5.88 Å². The standard InChI is InChI=1S/C10H18N4O/c1-10(2,3)9(12-11)7-5-6-8(15-4)14-13-7/h5-6,9,12H,11H2,1-4H3. The highest BCUT2D eigenvalue weighted by Crippen LogP contribution is 2.30. The van der Waals surface area contributed by atoms with E-state index in [1.807, 2.05) is 6.07 Å². The van der Waals surface area contributed by atoms with E-state index in [4.69, 9.17) is 10.6 Å². The van der Waals surface area contributed by atoms with Gasteiger partial charge >= 0.3 is 0 Å². The van der Waals surface area contributed by atoms with Crippen LogP contribution in [-0.2, 0) is 0 Å². The highest BCUT2D eigenvalue weighted by atomic mass is 16.5. The van der Waals surface area contributed by atoms with Crippen LogP contribution in [0, 0.1) is 5.41 Å². The molecule has 0 bridgehead atoms. The Bertz CT molecular complexity index is 304.